The predicted molar refractivity (Wildman–Crippen MR) is 116 cm³/mol. The molecule has 0 bridgehead atoms. The highest BCUT2D eigenvalue weighted by molar-refractivity contribution is 7.89. The van der Waals surface area contributed by atoms with Crippen LogP contribution in [0.5, 0.6) is 0 Å². The Hall–Kier alpha value is -1.44. The van der Waals surface area contributed by atoms with Gasteiger partial charge in [0.05, 0.1) is 12.2 Å². The van der Waals surface area contributed by atoms with Crippen LogP contribution in [0.1, 0.15) is 49.7 Å². The topological polar surface area (TPSA) is 69.7 Å². The lowest BCUT2D eigenvalue weighted by molar-refractivity contribution is -0.132. The minimum absolute atomic E-state index is 0.0170. The van der Waals surface area contributed by atoms with E-state index in [0.29, 0.717) is 39.1 Å². The summed E-state index contributed by atoms with van der Waals surface area (Å²) in [7, 11) is -3.34. The SMILES string of the molecule is Cc1ccc(CC(=O)N(CCS(=O)(=O)N2CCNCC2)C2CCCCCC2)cc1. The van der Waals surface area contributed by atoms with Crippen molar-refractivity contribution in [2.75, 3.05) is 38.5 Å². The second-order valence-electron chi connectivity index (χ2n) is 8.36. The summed E-state index contributed by atoms with van der Waals surface area (Å²) in [5.41, 5.74) is 2.16. The van der Waals surface area contributed by atoms with E-state index in [1.165, 1.54) is 18.4 Å². The van der Waals surface area contributed by atoms with Gasteiger partial charge in [-0.1, -0.05) is 55.5 Å². The number of nitrogens with one attached hydrogen (secondary N) is 1. The molecule has 162 valence electrons. The van der Waals surface area contributed by atoms with Gasteiger partial charge in [-0.3, -0.25) is 4.79 Å². The molecule has 1 amide bonds. The second kappa shape index (κ2) is 10.5. The van der Waals surface area contributed by atoms with Crippen molar-refractivity contribution in [2.45, 2.75) is 57.9 Å². The molecule has 3 rings (SSSR count). The van der Waals surface area contributed by atoms with E-state index in [-0.39, 0.29) is 17.7 Å². The van der Waals surface area contributed by atoms with E-state index >= 15 is 0 Å². The van der Waals surface area contributed by atoms with Crippen molar-refractivity contribution in [1.82, 2.24) is 14.5 Å². The van der Waals surface area contributed by atoms with Crippen molar-refractivity contribution < 1.29 is 13.2 Å². The van der Waals surface area contributed by atoms with E-state index in [1.54, 1.807) is 4.31 Å². The zero-order chi connectivity index (χ0) is 20.7. The Bertz CT molecular complexity index is 750. The molecule has 0 unspecified atom stereocenters. The van der Waals surface area contributed by atoms with Crippen LogP contribution in [0.2, 0.25) is 0 Å². The third-order valence-electron chi connectivity index (χ3n) is 6.12. The number of benzene rings is 1. The Balaban J connectivity index is 1.69. The maximum absolute atomic E-state index is 13.2. The van der Waals surface area contributed by atoms with E-state index in [4.69, 9.17) is 0 Å². The van der Waals surface area contributed by atoms with Gasteiger partial charge in [0, 0.05) is 38.8 Å². The number of nitrogens with zero attached hydrogens (tertiary/aromatic N) is 2. The maximum Gasteiger partial charge on any atom is 0.227 e. The summed E-state index contributed by atoms with van der Waals surface area (Å²) < 4.78 is 27.2. The van der Waals surface area contributed by atoms with Crippen molar-refractivity contribution in [3.8, 4) is 0 Å². The molecule has 1 aliphatic heterocycles. The Morgan fingerprint density at radius 3 is 2.31 bits per heavy atom. The van der Waals surface area contributed by atoms with Gasteiger partial charge in [0.1, 0.15) is 0 Å². The maximum atomic E-state index is 13.2. The van der Waals surface area contributed by atoms with E-state index in [0.717, 1.165) is 31.2 Å². The number of sulfonamides is 1. The average molecular weight is 422 g/mol. The third-order valence-corrected chi connectivity index (χ3v) is 7.97. The first-order valence-electron chi connectivity index (χ1n) is 11.0. The summed E-state index contributed by atoms with van der Waals surface area (Å²) in [6.45, 7) is 4.74. The Morgan fingerprint density at radius 2 is 1.69 bits per heavy atom. The van der Waals surface area contributed by atoms with Gasteiger partial charge in [-0.05, 0) is 25.3 Å². The molecule has 1 N–H and O–H groups in total. The van der Waals surface area contributed by atoms with Gasteiger partial charge in [0.2, 0.25) is 15.9 Å². The molecule has 7 heteroatoms. The van der Waals surface area contributed by atoms with E-state index in [1.807, 2.05) is 36.1 Å². The fraction of sp³-hybridized carbons (Fsp3) is 0.682. The van der Waals surface area contributed by atoms with Crippen LogP contribution >= 0.6 is 0 Å². The molecule has 0 aromatic heterocycles. The molecule has 1 heterocycles. The first-order valence-corrected chi connectivity index (χ1v) is 12.6. The lowest BCUT2D eigenvalue weighted by atomic mass is 10.0. The molecule has 1 aromatic rings. The molecule has 1 saturated carbocycles. The van der Waals surface area contributed by atoms with E-state index in [2.05, 4.69) is 5.32 Å². The predicted octanol–water partition coefficient (Wildman–Crippen LogP) is 2.32. The minimum Gasteiger partial charge on any atom is -0.338 e. The van der Waals surface area contributed by atoms with Crippen molar-refractivity contribution >= 4 is 15.9 Å². The van der Waals surface area contributed by atoms with Crippen LogP contribution in [0.25, 0.3) is 0 Å². The monoisotopic (exact) mass is 421 g/mol. The number of carbonyl (C=O) groups excluding carboxylic acids is 1. The minimum atomic E-state index is -3.34. The number of rotatable bonds is 7. The first-order chi connectivity index (χ1) is 14.0. The number of hydrogen-bond acceptors (Lipinski definition) is 4. The molecule has 1 aliphatic carbocycles. The van der Waals surface area contributed by atoms with Crippen molar-refractivity contribution in [3.63, 3.8) is 0 Å². The summed E-state index contributed by atoms with van der Waals surface area (Å²) in [6.07, 6.45) is 6.93. The quantitative estimate of drug-likeness (QED) is 0.686. The van der Waals surface area contributed by atoms with Crippen LogP contribution in [-0.2, 0) is 21.2 Å². The smallest absolute Gasteiger partial charge is 0.227 e. The Morgan fingerprint density at radius 1 is 1.07 bits per heavy atom. The molecule has 1 aromatic carbocycles. The summed E-state index contributed by atoms with van der Waals surface area (Å²) in [5, 5.41) is 3.19. The van der Waals surface area contributed by atoms with Crippen molar-refractivity contribution in [1.29, 1.82) is 0 Å². The summed E-state index contributed by atoms with van der Waals surface area (Å²) in [4.78, 5) is 15.1. The summed E-state index contributed by atoms with van der Waals surface area (Å²) in [5.74, 6) is 0.0691. The molecular formula is C22H35N3O3S. The standard InChI is InChI=1S/C22H35N3O3S/c1-19-8-10-20(11-9-19)18-22(26)25(21-6-4-2-3-5-7-21)16-17-29(27,28)24-14-12-23-13-15-24/h8-11,21,23H,2-7,12-18H2,1H3. The fourth-order valence-electron chi connectivity index (χ4n) is 4.33. The summed E-state index contributed by atoms with van der Waals surface area (Å²) in [6, 6.07) is 8.20. The molecule has 2 aliphatic rings. The third kappa shape index (κ3) is 6.52. The number of aryl methyl sites for hydroxylation is 1. The number of hydrogen-bond donors (Lipinski definition) is 1. The van der Waals surface area contributed by atoms with Gasteiger partial charge in [-0.25, -0.2) is 8.42 Å². The number of piperazine rings is 1. The number of carbonyl (C=O) groups is 1. The Labute approximate surface area is 175 Å². The lowest BCUT2D eigenvalue weighted by Gasteiger charge is -2.33. The van der Waals surface area contributed by atoms with E-state index in [9.17, 15) is 13.2 Å². The van der Waals surface area contributed by atoms with Gasteiger partial charge in [-0.2, -0.15) is 4.31 Å². The van der Waals surface area contributed by atoms with Crippen LogP contribution < -0.4 is 5.32 Å². The molecule has 2 fully saturated rings. The van der Waals surface area contributed by atoms with Gasteiger partial charge < -0.3 is 10.2 Å². The molecular weight excluding hydrogens is 386 g/mol. The highest BCUT2D eigenvalue weighted by atomic mass is 32.2. The second-order valence-corrected chi connectivity index (χ2v) is 10.4. The molecule has 29 heavy (non-hydrogen) atoms. The van der Waals surface area contributed by atoms with E-state index < -0.39 is 10.0 Å². The van der Waals surface area contributed by atoms with Crippen molar-refractivity contribution in [2.24, 2.45) is 0 Å². The van der Waals surface area contributed by atoms with Crippen LogP contribution in [0.15, 0.2) is 24.3 Å². The zero-order valence-electron chi connectivity index (χ0n) is 17.6. The van der Waals surface area contributed by atoms with Gasteiger partial charge in [0.15, 0.2) is 0 Å². The molecule has 0 spiro atoms. The van der Waals surface area contributed by atoms with Gasteiger partial charge >= 0.3 is 0 Å². The fourth-order valence-corrected chi connectivity index (χ4v) is 5.75. The van der Waals surface area contributed by atoms with Crippen molar-refractivity contribution in [3.05, 3.63) is 35.4 Å². The highest BCUT2D eigenvalue weighted by Gasteiger charge is 2.29. The zero-order valence-corrected chi connectivity index (χ0v) is 18.4. The molecule has 6 nitrogen and oxygen atoms in total. The van der Waals surface area contributed by atoms with Crippen LogP contribution in [0.4, 0.5) is 0 Å². The highest BCUT2D eigenvalue weighted by Crippen LogP contribution is 2.23. The van der Waals surface area contributed by atoms with Gasteiger partial charge in [-0.15, -0.1) is 0 Å². The summed E-state index contributed by atoms with van der Waals surface area (Å²) >= 11 is 0. The van der Waals surface area contributed by atoms with Crippen LogP contribution in [0.3, 0.4) is 0 Å². The molecule has 0 radical (unpaired) electrons. The number of amides is 1. The van der Waals surface area contributed by atoms with Gasteiger partial charge in [0.25, 0.3) is 0 Å². The first kappa shape index (κ1) is 22.2. The lowest BCUT2D eigenvalue weighted by Crippen LogP contribution is -2.49. The molecule has 0 atom stereocenters. The van der Waals surface area contributed by atoms with Crippen LogP contribution in [0, 0.1) is 6.92 Å². The Kier molecular flexibility index (Phi) is 8.09. The normalized spacial score (nSPS) is 19.6. The van der Waals surface area contributed by atoms with Crippen LogP contribution in [-0.4, -0.2) is 68.0 Å². The largest absolute Gasteiger partial charge is 0.338 e. The average Bonchev–Trinajstić information content (AvgIpc) is 3.00. The molecule has 1 saturated heterocycles.